The average molecular weight is 414 g/mol. The summed E-state index contributed by atoms with van der Waals surface area (Å²) in [6.45, 7) is 0.491. The van der Waals surface area contributed by atoms with E-state index in [-0.39, 0.29) is 17.4 Å². The van der Waals surface area contributed by atoms with E-state index in [0.29, 0.717) is 35.4 Å². The largest absolute Gasteiger partial charge is 0.497 e. The van der Waals surface area contributed by atoms with Gasteiger partial charge >= 0.3 is 0 Å². The van der Waals surface area contributed by atoms with Crippen molar-refractivity contribution in [2.24, 2.45) is 0 Å². The van der Waals surface area contributed by atoms with Gasteiger partial charge < -0.3 is 14.6 Å². The number of carbonyl (C=O) groups excluding carboxylic acids is 1. The predicted molar refractivity (Wildman–Crippen MR) is 103 cm³/mol. The van der Waals surface area contributed by atoms with Gasteiger partial charge in [-0.1, -0.05) is 15.9 Å². The van der Waals surface area contributed by atoms with Crippen molar-refractivity contribution in [3.05, 3.63) is 63.1 Å². The Hall–Kier alpha value is -2.67. The second-order valence-corrected chi connectivity index (χ2v) is 7.13. The lowest BCUT2D eigenvalue weighted by atomic mass is 10.1. The van der Waals surface area contributed by atoms with Crippen molar-refractivity contribution >= 4 is 38.4 Å². The first-order valence-corrected chi connectivity index (χ1v) is 8.98. The number of nitrogens with zero attached hydrogens (tertiary/aromatic N) is 2. The number of anilines is 1. The molecule has 7 heteroatoms. The minimum absolute atomic E-state index is 0.0230. The molecular formula is C19H16BrN3O3. The Morgan fingerprint density at radius 1 is 1.19 bits per heavy atom. The van der Waals surface area contributed by atoms with Gasteiger partial charge in [0.25, 0.3) is 5.56 Å². The highest BCUT2D eigenvalue weighted by molar-refractivity contribution is 9.10. The van der Waals surface area contributed by atoms with E-state index in [2.05, 4.69) is 25.9 Å². The van der Waals surface area contributed by atoms with Crippen LogP contribution in [0.15, 0.2) is 51.7 Å². The van der Waals surface area contributed by atoms with Crippen molar-refractivity contribution in [2.75, 3.05) is 18.6 Å². The van der Waals surface area contributed by atoms with Gasteiger partial charge in [0.05, 0.1) is 18.0 Å². The molecular weight excluding hydrogens is 398 g/mol. The average Bonchev–Trinajstić information content (AvgIpc) is 3.04. The highest BCUT2D eigenvalue weighted by Gasteiger charge is 2.33. The third-order valence-electron chi connectivity index (χ3n) is 4.58. The topological polar surface area (TPSA) is 75.3 Å². The minimum Gasteiger partial charge on any atom is -0.497 e. The molecule has 1 atom stereocenters. The summed E-state index contributed by atoms with van der Waals surface area (Å²) in [5, 5.41) is 0.474. The van der Waals surface area contributed by atoms with Gasteiger partial charge in [-0.3, -0.25) is 9.59 Å². The maximum Gasteiger partial charge on any atom is 0.258 e. The van der Waals surface area contributed by atoms with Crippen molar-refractivity contribution in [3.63, 3.8) is 0 Å². The number of benzene rings is 2. The van der Waals surface area contributed by atoms with Crippen LogP contribution in [0.4, 0.5) is 5.69 Å². The molecule has 1 saturated heterocycles. The normalized spacial score (nSPS) is 17.1. The molecule has 0 spiro atoms. The van der Waals surface area contributed by atoms with Gasteiger partial charge in [-0.15, -0.1) is 0 Å². The molecule has 2 heterocycles. The zero-order valence-electron chi connectivity index (χ0n) is 14.0. The van der Waals surface area contributed by atoms with Crippen molar-refractivity contribution in [2.45, 2.75) is 12.3 Å². The molecule has 6 nitrogen and oxygen atoms in total. The van der Waals surface area contributed by atoms with Crippen LogP contribution in [0.3, 0.4) is 0 Å². The molecule has 0 bridgehead atoms. The number of amides is 1. The Balaban J connectivity index is 1.67. The number of carbonyl (C=O) groups is 1. The van der Waals surface area contributed by atoms with Gasteiger partial charge in [0.1, 0.15) is 11.6 Å². The fourth-order valence-corrected chi connectivity index (χ4v) is 3.48. The van der Waals surface area contributed by atoms with E-state index in [1.807, 2.05) is 24.3 Å². The number of ether oxygens (including phenoxy) is 1. The van der Waals surface area contributed by atoms with Crippen molar-refractivity contribution in [3.8, 4) is 5.75 Å². The van der Waals surface area contributed by atoms with Crippen molar-refractivity contribution in [1.29, 1.82) is 0 Å². The van der Waals surface area contributed by atoms with Gasteiger partial charge in [0.2, 0.25) is 5.91 Å². The number of H-pyrrole nitrogens is 1. The lowest BCUT2D eigenvalue weighted by molar-refractivity contribution is -0.117. The molecule has 1 unspecified atom stereocenters. The van der Waals surface area contributed by atoms with Gasteiger partial charge in [0.15, 0.2) is 0 Å². The Morgan fingerprint density at radius 2 is 1.96 bits per heavy atom. The quantitative estimate of drug-likeness (QED) is 0.714. The fraction of sp³-hybridized carbons (Fsp3) is 0.211. The zero-order valence-corrected chi connectivity index (χ0v) is 15.6. The number of rotatable bonds is 3. The number of nitrogens with one attached hydrogen (secondary N) is 1. The van der Waals surface area contributed by atoms with Crippen LogP contribution in [-0.4, -0.2) is 29.5 Å². The monoisotopic (exact) mass is 413 g/mol. The number of hydrogen-bond acceptors (Lipinski definition) is 4. The van der Waals surface area contributed by atoms with Gasteiger partial charge in [0, 0.05) is 29.0 Å². The molecule has 1 aliphatic heterocycles. The lowest BCUT2D eigenvalue weighted by Gasteiger charge is -2.16. The van der Waals surface area contributed by atoms with Gasteiger partial charge in [-0.25, -0.2) is 4.98 Å². The number of halogens is 1. The minimum atomic E-state index is -0.224. The molecule has 2 aromatic carbocycles. The Morgan fingerprint density at radius 3 is 2.69 bits per heavy atom. The van der Waals surface area contributed by atoms with Gasteiger partial charge in [-0.2, -0.15) is 0 Å². The summed E-state index contributed by atoms with van der Waals surface area (Å²) >= 11 is 3.40. The van der Waals surface area contributed by atoms with E-state index in [0.717, 1.165) is 10.2 Å². The van der Waals surface area contributed by atoms with Crippen LogP contribution in [0.25, 0.3) is 10.9 Å². The Labute approximate surface area is 157 Å². The van der Waals surface area contributed by atoms with Crippen molar-refractivity contribution < 1.29 is 9.53 Å². The highest BCUT2D eigenvalue weighted by Crippen LogP contribution is 2.31. The molecule has 1 aliphatic rings. The summed E-state index contributed by atoms with van der Waals surface area (Å²) < 4.78 is 6.12. The highest BCUT2D eigenvalue weighted by atomic mass is 79.9. The molecule has 4 rings (SSSR count). The smallest absolute Gasteiger partial charge is 0.258 e. The molecule has 1 aromatic heterocycles. The third-order valence-corrected chi connectivity index (χ3v) is 5.11. The first kappa shape index (κ1) is 16.8. The SMILES string of the molecule is COc1ccc2nc(C3CC(=O)N(c4ccc(Br)cc4)C3)[nH]c(=O)c2c1. The summed E-state index contributed by atoms with van der Waals surface area (Å²) in [7, 11) is 1.55. The molecule has 1 fully saturated rings. The summed E-state index contributed by atoms with van der Waals surface area (Å²) in [5.74, 6) is 1.02. The number of aromatic nitrogens is 2. The summed E-state index contributed by atoms with van der Waals surface area (Å²) in [5.41, 5.74) is 1.21. The molecule has 3 aromatic rings. The standard InChI is InChI=1S/C19H16BrN3O3/c1-26-14-6-7-16-15(9-14)19(25)22-18(21-16)11-8-17(24)23(10-11)13-4-2-12(20)3-5-13/h2-7,9,11H,8,10H2,1H3,(H,21,22,25). The molecule has 1 N–H and O–H groups in total. The van der Waals surface area contributed by atoms with Crippen LogP contribution in [0.1, 0.15) is 18.2 Å². The molecule has 26 heavy (non-hydrogen) atoms. The van der Waals surface area contributed by atoms with Gasteiger partial charge in [-0.05, 0) is 42.5 Å². The van der Waals surface area contributed by atoms with Crippen LogP contribution in [0.2, 0.25) is 0 Å². The maximum absolute atomic E-state index is 12.5. The molecule has 132 valence electrons. The fourth-order valence-electron chi connectivity index (χ4n) is 3.22. The Bertz CT molecular complexity index is 1050. The van der Waals surface area contributed by atoms with Crippen LogP contribution in [0.5, 0.6) is 5.75 Å². The van der Waals surface area contributed by atoms with Crippen LogP contribution < -0.4 is 15.2 Å². The van der Waals surface area contributed by atoms with Crippen LogP contribution in [-0.2, 0) is 4.79 Å². The number of methoxy groups -OCH3 is 1. The first-order valence-electron chi connectivity index (χ1n) is 8.19. The number of fused-ring (bicyclic) bond motifs is 1. The zero-order chi connectivity index (χ0) is 18.3. The Kier molecular flexibility index (Phi) is 4.24. The van der Waals surface area contributed by atoms with Crippen molar-refractivity contribution in [1.82, 2.24) is 9.97 Å². The molecule has 0 aliphatic carbocycles. The predicted octanol–water partition coefficient (Wildman–Crippen LogP) is 3.21. The van der Waals surface area contributed by atoms with E-state index in [1.54, 1.807) is 30.2 Å². The summed E-state index contributed by atoms with van der Waals surface area (Å²) in [6.07, 6.45) is 0.320. The number of hydrogen-bond donors (Lipinski definition) is 1. The first-order chi connectivity index (χ1) is 12.5. The number of aromatic amines is 1. The van der Waals surface area contributed by atoms with E-state index in [9.17, 15) is 9.59 Å². The summed E-state index contributed by atoms with van der Waals surface area (Å²) in [6, 6.07) is 12.8. The summed E-state index contributed by atoms with van der Waals surface area (Å²) in [4.78, 5) is 34.0. The third kappa shape index (κ3) is 2.99. The van der Waals surface area contributed by atoms with E-state index >= 15 is 0 Å². The molecule has 1 amide bonds. The van der Waals surface area contributed by atoms with E-state index in [4.69, 9.17) is 4.74 Å². The van der Waals surface area contributed by atoms with Crippen LogP contribution >= 0.6 is 15.9 Å². The molecule has 0 radical (unpaired) electrons. The lowest BCUT2D eigenvalue weighted by Crippen LogP contribution is -2.24. The van der Waals surface area contributed by atoms with Crippen LogP contribution in [0, 0.1) is 0 Å². The maximum atomic E-state index is 12.5. The van der Waals surface area contributed by atoms with E-state index < -0.39 is 0 Å². The van der Waals surface area contributed by atoms with E-state index in [1.165, 1.54) is 0 Å². The molecule has 0 saturated carbocycles. The second-order valence-electron chi connectivity index (χ2n) is 6.22. The second kappa shape index (κ2) is 6.57.